The van der Waals surface area contributed by atoms with Crippen molar-refractivity contribution in [1.29, 1.82) is 0 Å². The van der Waals surface area contributed by atoms with Gasteiger partial charge in [0.2, 0.25) is 0 Å². The number of carboxylic acid groups (broad SMARTS) is 1. The largest absolute Gasteiger partial charge is 0.478 e. The molecule has 0 amide bonds. The molecule has 2 aromatic rings. The van der Waals surface area contributed by atoms with E-state index in [1.54, 1.807) is 52.0 Å². The highest BCUT2D eigenvalue weighted by atomic mass is 16.7. The third-order valence-corrected chi connectivity index (χ3v) is 4.71. The van der Waals surface area contributed by atoms with Gasteiger partial charge in [0.1, 0.15) is 17.1 Å². The predicted octanol–water partition coefficient (Wildman–Crippen LogP) is 3.89. The second-order valence-corrected chi connectivity index (χ2v) is 7.62. The molecule has 0 bridgehead atoms. The summed E-state index contributed by atoms with van der Waals surface area (Å²) in [5, 5.41) is 8.95. The van der Waals surface area contributed by atoms with Gasteiger partial charge in [-0.05, 0) is 24.3 Å². The third-order valence-electron chi connectivity index (χ3n) is 4.71. The second kappa shape index (κ2) is 6.67. The standard InChI is InChI=1S/C21H20O7/c1-20(2,3)21(4)27-18(24)15(19(25)28-21)11-14-9-10-16(26-14)12-5-7-13(8-6-12)17(22)23/h5-11H,1-4H3,(H,22,23). The Hall–Kier alpha value is -3.35. The maximum absolute atomic E-state index is 12.4. The molecule has 0 radical (unpaired) electrons. The first-order valence-corrected chi connectivity index (χ1v) is 8.62. The number of hydrogen-bond acceptors (Lipinski definition) is 6. The van der Waals surface area contributed by atoms with Crippen molar-refractivity contribution in [1.82, 2.24) is 0 Å². The van der Waals surface area contributed by atoms with Gasteiger partial charge in [0, 0.05) is 24.0 Å². The van der Waals surface area contributed by atoms with E-state index in [9.17, 15) is 14.4 Å². The first-order chi connectivity index (χ1) is 13.0. The fraction of sp³-hybridized carbons (Fsp3) is 0.286. The lowest BCUT2D eigenvalue weighted by atomic mass is 9.86. The van der Waals surface area contributed by atoms with Crippen LogP contribution in [0.5, 0.6) is 0 Å². The summed E-state index contributed by atoms with van der Waals surface area (Å²) in [6.45, 7) is 6.95. The van der Waals surface area contributed by atoms with Gasteiger partial charge >= 0.3 is 17.9 Å². The highest BCUT2D eigenvalue weighted by Gasteiger charge is 2.50. The zero-order chi connectivity index (χ0) is 20.7. The summed E-state index contributed by atoms with van der Waals surface area (Å²) in [5.74, 6) is -3.22. The number of cyclic esters (lactones) is 2. The van der Waals surface area contributed by atoms with Gasteiger partial charge < -0.3 is 19.0 Å². The van der Waals surface area contributed by atoms with Crippen LogP contribution in [0.15, 0.2) is 46.4 Å². The summed E-state index contributed by atoms with van der Waals surface area (Å²) in [6.07, 6.45) is 1.27. The number of carboxylic acids is 1. The van der Waals surface area contributed by atoms with Gasteiger partial charge in [-0.25, -0.2) is 14.4 Å². The number of aromatic carboxylic acids is 1. The summed E-state index contributed by atoms with van der Waals surface area (Å²) in [5.41, 5.74) is -0.0380. The summed E-state index contributed by atoms with van der Waals surface area (Å²) in [4.78, 5) is 35.6. The lowest BCUT2D eigenvalue weighted by molar-refractivity contribution is -0.261. The van der Waals surface area contributed by atoms with E-state index in [4.69, 9.17) is 19.0 Å². The van der Waals surface area contributed by atoms with Gasteiger partial charge in [-0.2, -0.15) is 0 Å². The van der Waals surface area contributed by atoms with Crippen molar-refractivity contribution < 1.29 is 33.4 Å². The van der Waals surface area contributed by atoms with Crippen molar-refractivity contribution in [3.63, 3.8) is 0 Å². The van der Waals surface area contributed by atoms with Crippen molar-refractivity contribution >= 4 is 24.0 Å². The van der Waals surface area contributed by atoms with Gasteiger partial charge in [-0.1, -0.05) is 32.9 Å². The monoisotopic (exact) mass is 384 g/mol. The summed E-state index contributed by atoms with van der Waals surface area (Å²) in [6, 6.07) is 9.38. The van der Waals surface area contributed by atoms with Gasteiger partial charge in [-0.15, -0.1) is 0 Å². The van der Waals surface area contributed by atoms with Crippen LogP contribution in [0.4, 0.5) is 0 Å². The molecular weight excluding hydrogens is 364 g/mol. The minimum Gasteiger partial charge on any atom is -0.478 e. The van der Waals surface area contributed by atoms with Gasteiger partial charge in [0.15, 0.2) is 0 Å². The van der Waals surface area contributed by atoms with Crippen LogP contribution < -0.4 is 0 Å². The van der Waals surface area contributed by atoms with Crippen LogP contribution in [-0.2, 0) is 19.1 Å². The van der Waals surface area contributed by atoms with Crippen LogP contribution in [0, 0.1) is 5.41 Å². The summed E-state index contributed by atoms with van der Waals surface area (Å²) < 4.78 is 16.4. The molecule has 0 aliphatic carbocycles. The van der Waals surface area contributed by atoms with Gasteiger partial charge in [-0.3, -0.25) is 0 Å². The Morgan fingerprint density at radius 1 is 1.00 bits per heavy atom. The summed E-state index contributed by atoms with van der Waals surface area (Å²) >= 11 is 0. The van der Waals surface area contributed by atoms with E-state index in [-0.39, 0.29) is 16.9 Å². The number of esters is 2. The minimum atomic E-state index is -1.36. The number of ether oxygens (including phenoxy) is 2. The van der Waals surface area contributed by atoms with Gasteiger partial charge in [0.05, 0.1) is 5.56 Å². The SMILES string of the molecule is CC(C)(C)C1(C)OC(=O)C(=Cc2ccc(-c3ccc(C(=O)O)cc3)o2)C(=O)O1. The molecule has 1 fully saturated rings. The third kappa shape index (κ3) is 3.55. The Kier molecular flexibility index (Phi) is 4.62. The second-order valence-electron chi connectivity index (χ2n) is 7.62. The topological polar surface area (TPSA) is 103 Å². The van der Waals surface area contributed by atoms with Crippen LogP contribution in [0.2, 0.25) is 0 Å². The molecule has 1 N–H and O–H groups in total. The van der Waals surface area contributed by atoms with Crippen molar-refractivity contribution in [2.45, 2.75) is 33.5 Å². The molecule has 0 spiro atoms. The Bertz CT molecular complexity index is 951. The first kappa shape index (κ1) is 19.4. The molecule has 0 saturated carbocycles. The molecule has 146 valence electrons. The fourth-order valence-electron chi connectivity index (χ4n) is 2.50. The molecule has 1 saturated heterocycles. The van der Waals surface area contributed by atoms with Crippen LogP contribution in [-0.4, -0.2) is 28.8 Å². The van der Waals surface area contributed by atoms with Crippen molar-refractivity contribution in [2.24, 2.45) is 5.41 Å². The van der Waals surface area contributed by atoms with E-state index >= 15 is 0 Å². The number of rotatable bonds is 3. The lowest BCUT2D eigenvalue weighted by Gasteiger charge is -2.42. The Morgan fingerprint density at radius 2 is 1.57 bits per heavy atom. The zero-order valence-corrected chi connectivity index (χ0v) is 15.9. The molecule has 7 heteroatoms. The average Bonchev–Trinajstić information content (AvgIpc) is 3.06. The molecule has 3 rings (SSSR count). The first-order valence-electron chi connectivity index (χ1n) is 8.62. The number of carbonyl (C=O) groups excluding carboxylic acids is 2. The van der Waals surface area contributed by atoms with Crippen molar-refractivity contribution in [3.8, 4) is 11.3 Å². The van der Waals surface area contributed by atoms with E-state index in [1.165, 1.54) is 18.2 Å². The molecule has 7 nitrogen and oxygen atoms in total. The predicted molar refractivity (Wildman–Crippen MR) is 99.1 cm³/mol. The van der Waals surface area contributed by atoms with Gasteiger partial charge in [0.25, 0.3) is 5.79 Å². The number of benzene rings is 1. The quantitative estimate of drug-likeness (QED) is 0.486. The Morgan fingerprint density at radius 3 is 2.07 bits per heavy atom. The highest BCUT2D eigenvalue weighted by molar-refractivity contribution is 6.18. The molecule has 0 unspecified atom stereocenters. The van der Waals surface area contributed by atoms with E-state index in [2.05, 4.69) is 0 Å². The Labute approximate surface area is 161 Å². The van der Waals surface area contributed by atoms with Crippen LogP contribution in [0.3, 0.4) is 0 Å². The molecule has 28 heavy (non-hydrogen) atoms. The summed E-state index contributed by atoms with van der Waals surface area (Å²) in [7, 11) is 0. The molecule has 1 aromatic heterocycles. The maximum atomic E-state index is 12.4. The van der Waals surface area contributed by atoms with Crippen molar-refractivity contribution in [2.75, 3.05) is 0 Å². The molecule has 0 atom stereocenters. The number of furan rings is 1. The van der Waals surface area contributed by atoms with Crippen LogP contribution in [0.25, 0.3) is 17.4 Å². The normalized spacial score (nSPS) is 19.8. The smallest absolute Gasteiger partial charge is 0.349 e. The van der Waals surface area contributed by atoms with Crippen LogP contribution in [0.1, 0.15) is 43.8 Å². The maximum Gasteiger partial charge on any atom is 0.349 e. The molecule has 1 aliphatic rings. The van der Waals surface area contributed by atoms with E-state index in [0.717, 1.165) is 0 Å². The number of carbonyl (C=O) groups is 3. The lowest BCUT2D eigenvalue weighted by Crippen LogP contribution is -2.52. The highest BCUT2D eigenvalue weighted by Crippen LogP contribution is 2.39. The Balaban J connectivity index is 1.84. The van der Waals surface area contributed by atoms with E-state index in [1.807, 2.05) is 0 Å². The molecular formula is C21H20O7. The van der Waals surface area contributed by atoms with E-state index in [0.29, 0.717) is 11.3 Å². The number of hydrogen-bond donors (Lipinski definition) is 1. The zero-order valence-electron chi connectivity index (χ0n) is 15.9. The molecule has 1 aliphatic heterocycles. The fourth-order valence-corrected chi connectivity index (χ4v) is 2.50. The van der Waals surface area contributed by atoms with Crippen LogP contribution >= 0.6 is 0 Å². The molecule has 1 aromatic carbocycles. The van der Waals surface area contributed by atoms with Crippen molar-refractivity contribution in [3.05, 3.63) is 53.3 Å². The minimum absolute atomic E-state index is 0.159. The van der Waals surface area contributed by atoms with E-state index < -0.39 is 29.1 Å². The average molecular weight is 384 g/mol. The molecule has 2 heterocycles.